The molecule has 1 unspecified atom stereocenters. The molecule has 0 aromatic heterocycles. The van der Waals surface area contributed by atoms with Gasteiger partial charge in [0, 0.05) is 20.8 Å². The molecule has 440 valence electrons. The molecular weight excluding hydrogens is 1040 g/mol. The summed E-state index contributed by atoms with van der Waals surface area (Å²) in [7, 11) is 0. The van der Waals surface area contributed by atoms with Crippen LogP contribution in [-0.2, 0) is 66.5 Å². The lowest BCUT2D eigenvalue weighted by atomic mass is 9.93. The highest BCUT2D eigenvalue weighted by atomic mass is 16.8. The lowest BCUT2D eigenvalue weighted by Crippen LogP contribution is -2.71. The number of hydrogen-bond donors (Lipinski definition) is 20. The van der Waals surface area contributed by atoms with Crippen LogP contribution in [0.4, 0.5) is 0 Å². The molecule has 20 N–H and O–H groups in total. The van der Waals surface area contributed by atoms with Crippen molar-refractivity contribution in [2.75, 3.05) is 39.6 Å². The van der Waals surface area contributed by atoms with E-state index in [-0.39, 0.29) is 0 Å². The van der Waals surface area contributed by atoms with Crippen LogP contribution in [-0.4, -0.2) is 328 Å². The molecule has 30 atom stereocenters. The van der Waals surface area contributed by atoms with Gasteiger partial charge < -0.3 is 155 Å². The highest BCUT2D eigenvalue weighted by Crippen LogP contribution is 2.37. The Morgan fingerprint density at radius 1 is 0.316 bits per heavy atom. The summed E-state index contributed by atoms with van der Waals surface area (Å²) in [6.45, 7) is -2.94. The number of carbonyl (C=O) groups is 3. The number of hydrogen-bond acceptors (Lipinski definition) is 31. The summed E-state index contributed by atoms with van der Waals surface area (Å²) < 4.78 is 64.3. The summed E-state index contributed by atoms with van der Waals surface area (Å²) in [5, 5.41) is 190. The van der Waals surface area contributed by atoms with Crippen molar-refractivity contribution in [3.8, 4) is 0 Å². The summed E-state index contributed by atoms with van der Waals surface area (Å²) in [5.41, 5.74) is 0. The smallest absolute Gasteiger partial charge is 0.217 e. The molecule has 0 aromatic carbocycles. The van der Waals surface area contributed by atoms with Gasteiger partial charge in [-0.15, -0.1) is 0 Å². The first-order valence-corrected chi connectivity index (χ1v) is 24.1. The van der Waals surface area contributed by atoms with E-state index in [1.807, 2.05) is 0 Å². The summed E-state index contributed by atoms with van der Waals surface area (Å²) in [5.74, 6) is -2.56. The fraction of sp³-hybridized carbons (Fsp3) is 0.929. The average Bonchev–Trinajstić information content (AvgIpc) is 3.37. The van der Waals surface area contributed by atoms with Gasteiger partial charge in [-0.1, -0.05) is 0 Å². The summed E-state index contributed by atoms with van der Waals surface area (Å²) in [4.78, 5) is 37.9. The molecule has 6 rings (SSSR count). The molecule has 6 heterocycles. The second kappa shape index (κ2) is 27.2. The van der Waals surface area contributed by atoms with Crippen LogP contribution >= 0.6 is 0 Å². The summed E-state index contributed by atoms with van der Waals surface area (Å²) in [6.07, 6.45) is -52.6. The minimum atomic E-state index is -2.22. The number of ether oxygens (including phenoxy) is 11. The first-order valence-electron chi connectivity index (χ1n) is 24.1. The predicted octanol–water partition coefficient (Wildman–Crippen LogP) is -13.7. The second-order valence-electron chi connectivity index (χ2n) is 19.0. The molecule has 0 aliphatic carbocycles. The van der Waals surface area contributed by atoms with Gasteiger partial charge in [-0.25, -0.2) is 0 Å². The molecular formula is C42H71N3O31. The van der Waals surface area contributed by atoms with Crippen LogP contribution in [0.25, 0.3) is 0 Å². The molecule has 34 nitrogen and oxygen atoms in total. The topological polar surface area (TPSA) is 533 Å². The molecule has 0 aromatic rings. The molecule has 6 saturated heterocycles. The van der Waals surface area contributed by atoms with E-state index in [9.17, 15) is 101 Å². The van der Waals surface area contributed by atoms with E-state index in [1.165, 1.54) is 0 Å². The number of aliphatic hydroxyl groups is 17. The van der Waals surface area contributed by atoms with Crippen molar-refractivity contribution in [3.63, 3.8) is 0 Å². The fourth-order valence-corrected chi connectivity index (χ4v) is 9.68. The summed E-state index contributed by atoms with van der Waals surface area (Å²) in [6, 6.07) is -5.31. The van der Waals surface area contributed by atoms with Crippen LogP contribution in [0.3, 0.4) is 0 Å². The molecule has 0 radical (unpaired) electrons. The number of carbonyl (C=O) groups excluding carboxylic acids is 3. The van der Waals surface area contributed by atoms with E-state index in [0.717, 1.165) is 20.8 Å². The molecule has 0 spiro atoms. The van der Waals surface area contributed by atoms with Crippen molar-refractivity contribution in [1.82, 2.24) is 16.0 Å². The van der Waals surface area contributed by atoms with Gasteiger partial charge in [-0.2, -0.15) is 0 Å². The zero-order valence-corrected chi connectivity index (χ0v) is 40.9. The third-order valence-electron chi connectivity index (χ3n) is 13.6. The first kappa shape index (κ1) is 62.5. The van der Waals surface area contributed by atoms with Gasteiger partial charge in [0.1, 0.15) is 146 Å². The molecule has 6 aliphatic rings. The third kappa shape index (κ3) is 13.5. The Morgan fingerprint density at radius 2 is 0.579 bits per heavy atom. The highest BCUT2D eigenvalue weighted by molar-refractivity contribution is 5.74. The molecule has 0 bridgehead atoms. The van der Waals surface area contributed by atoms with Crippen molar-refractivity contribution in [2.45, 2.75) is 205 Å². The normalized spacial score (nSPS) is 48.2. The van der Waals surface area contributed by atoms with Gasteiger partial charge in [-0.05, 0) is 0 Å². The van der Waals surface area contributed by atoms with Crippen molar-refractivity contribution >= 4 is 17.7 Å². The predicted molar refractivity (Wildman–Crippen MR) is 234 cm³/mol. The van der Waals surface area contributed by atoms with E-state index in [4.69, 9.17) is 52.1 Å². The van der Waals surface area contributed by atoms with E-state index in [2.05, 4.69) is 16.0 Å². The van der Waals surface area contributed by atoms with E-state index in [1.54, 1.807) is 0 Å². The van der Waals surface area contributed by atoms with Crippen molar-refractivity contribution in [2.24, 2.45) is 0 Å². The van der Waals surface area contributed by atoms with Crippen LogP contribution in [0.15, 0.2) is 0 Å². The maximum Gasteiger partial charge on any atom is 0.217 e. The Kier molecular flexibility index (Phi) is 22.3. The van der Waals surface area contributed by atoms with Crippen LogP contribution in [0, 0.1) is 0 Å². The van der Waals surface area contributed by atoms with E-state index < -0.39 is 241 Å². The van der Waals surface area contributed by atoms with Gasteiger partial charge in [0.15, 0.2) is 37.7 Å². The highest BCUT2D eigenvalue weighted by Gasteiger charge is 2.59. The first-order chi connectivity index (χ1) is 35.9. The molecule has 6 fully saturated rings. The fourth-order valence-electron chi connectivity index (χ4n) is 9.68. The number of rotatable bonds is 19. The zero-order valence-electron chi connectivity index (χ0n) is 40.9. The van der Waals surface area contributed by atoms with Crippen molar-refractivity contribution < 1.29 is 153 Å². The summed E-state index contributed by atoms with van der Waals surface area (Å²) >= 11 is 0. The standard InChI is InChI=1S/C42H71N3O31/c1-10(52)43-19-32(25(58)16(7-49)66-37(19)65)73-41-35(29(62)23(56)14(5-47)70-41)75-39-21(45-12(3)54)34(27(60)18(9-51)68-39)74-42-36(30(63)24(57)15(6-48)71-42)76-38-20(44-11(2)53)33(26(59)17(8-50)67-38)72-40-31(64)28(61)22(55)13(4-46)69-40/h13-42,46-51,55-65H,4-9H2,1-3H3,(H,43,52)(H,44,53)(H,45,54)/t13-,14-,15-,16-,17-,18-,19-,20-,21-,22+,23+,24+,25-,26-,27-,28+,29+,30+,31-,32-,33-,34-,35-,36-,37?,38+,39+,40+,41+,42+/m1/s1. The molecule has 34 heteroatoms. The maximum absolute atomic E-state index is 13.0. The molecule has 0 saturated carbocycles. The number of aliphatic hydroxyl groups excluding tert-OH is 17. The van der Waals surface area contributed by atoms with Gasteiger partial charge in [0.05, 0.1) is 39.6 Å². The zero-order chi connectivity index (χ0) is 56.2. The Bertz CT molecular complexity index is 1870. The molecule has 76 heavy (non-hydrogen) atoms. The van der Waals surface area contributed by atoms with Crippen molar-refractivity contribution in [1.29, 1.82) is 0 Å². The monoisotopic (exact) mass is 1110 g/mol. The Hall–Kier alpha value is -2.71. The lowest BCUT2D eigenvalue weighted by Gasteiger charge is -2.51. The van der Waals surface area contributed by atoms with Crippen LogP contribution < -0.4 is 16.0 Å². The minimum Gasteiger partial charge on any atom is -0.394 e. The van der Waals surface area contributed by atoms with Crippen LogP contribution in [0.2, 0.25) is 0 Å². The van der Waals surface area contributed by atoms with E-state index in [0.29, 0.717) is 0 Å². The van der Waals surface area contributed by atoms with Gasteiger partial charge in [0.2, 0.25) is 17.7 Å². The minimum absolute atomic E-state index is 0.774. The van der Waals surface area contributed by atoms with Crippen LogP contribution in [0.5, 0.6) is 0 Å². The Morgan fingerprint density at radius 3 is 0.934 bits per heavy atom. The average molecular weight is 1110 g/mol. The Labute approximate surface area is 431 Å². The lowest BCUT2D eigenvalue weighted by molar-refractivity contribution is -0.392. The van der Waals surface area contributed by atoms with Gasteiger partial charge in [-0.3, -0.25) is 14.4 Å². The Balaban J connectivity index is 1.35. The third-order valence-corrected chi connectivity index (χ3v) is 13.6. The van der Waals surface area contributed by atoms with Gasteiger partial charge in [0.25, 0.3) is 0 Å². The maximum atomic E-state index is 13.0. The van der Waals surface area contributed by atoms with Crippen molar-refractivity contribution in [3.05, 3.63) is 0 Å². The second-order valence-corrected chi connectivity index (χ2v) is 19.0. The molecule has 3 amide bonds. The van der Waals surface area contributed by atoms with Gasteiger partial charge >= 0.3 is 0 Å². The number of nitrogens with one attached hydrogen (secondary N) is 3. The SMILES string of the molecule is CC(=O)N[C@H]1[C@H](O[C@H]2[C@H](O[C@H]3[C@H](O)[C@@H](CO)O[C@@H](O[C@H]4[C@H](O[C@H]5[C@H](O)[C@@H](CO)OC(O)[C@@H]5NC(C)=O)O[C@H](CO)[C@H](O)[C@@H]4O)[C@@H]3NC(C)=O)O[C@H](CO)[C@H](O)[C@@H]2O)O[C@H](CO)[C@@H](O)[C@@H]1O[C@@H]1O[C@H](CO)[C@H](O)[C@H](O)[C@H]1O. The quantitative estimate of drug-likeness (QED) is 0.0571. The largest absolute Gasteiger partial charge is 0.394 e. The number of amides is 3. The van der Waals surface area contributed by atoms with E-state index >= 15 is 0 Å². The van der Waals surface area contributed by atoms with Crippen LogP contribution in [0.1, 0.15) is 20.8 Å². The molecule has 6 aliphatic heterocycles.